The lowest BCUT2D eigenvalue weighted by Gasteiger charge is -2.24. The highest BCUT2D eigenvalue weighted by Crippen LogP contribution is 2.30. The van der Waals surface area contributed by atoms with Crippen LogP contribution >= 0.6 is 11.6 Å². The summed E-state index contributed by atoms with van der Waals surface area (Å²) in [5.74, 6) is 0. The van der Waals surface area contributed by atoms with Crippen molar-refractivity contribution in [1.82, 2.24) is 15.1 Å². The third-order valence-electron chi connectivity index (χ3n) is 2.98. The van der Waals surface area contributed by atoms with Gasteiger partial charge in [0, 0.05) is 12.6 Å². The number of nitrogens with one attached hydrogen (secondary N) is 1. The van der Waals surface area contributed by atoms with Crippen LogP contribution in [0.3, 0.4) is 0 Å². The molecule has 0 saturated carbocycles. The van der Waals surface area contributed by atoms with E-state index in [-0.39, 0.29) is 5.41 Å². The van der Waals surface area contributed by atoms with E-state index in [4.69, 9.17) is 11.6 Å². The van der Waals surface area contributed by atoms with Crippen molar-refractivity contribution in [2.24, 2.45) is 12.5 Å². The Bertz CT molecular complexity index is 355. The molecule has 0 aliphatic heterocycles. The first kappa shape index (κ1) is 13.5. The highest BCUT2D eigenvalue weighted by atomic mass is 35.5. The van der Waals surface area contributed by atoms with E-state index in [2.05, 4.69) is 24.3 Å². The molecule has 4 heteroatoms. The van der Waals surface area contributed by atoms with Gasteiger partial charge in [0.25, 0.3) is 0 Å². The van der Waals surface area contributed by atoms with Gasteiger partial charge >= 0.3 is 0 Å². The first-order valence-electron chi connectivity index (χ1n) is 5.70. The molecular formula is C12H22ClN3. The van der Waals surface area contributed by atoms with Gasteiger partial charge in [-0.15, -0.1) is 0 Å². The van der Waals surface area contributed by atoms with Crippen molar-refractivity contribution in [3.63, 3.8) is 0 Å². The van der Waals surface area contributed by atoms with Crippen LogP contribution in [0.15, 0.2) is 0 Å². The van der Waals surface area contributed by atoms with Crippen LogP contribution in [0.25, 0.3) is 0 Å². The SMILES string of the molecule is CNCCC(C)(C)Cc1c(C)nn(C)c1Cl. The molecule has 1 heterocycles. The molecule has 0 saturated heterocycles. The molecule has 0 spiro atoms. The molecule has 1 N–H and O–H groups in total. The van der Waals surface area contributed by atoms with Crippen LogP contribution < -0.4 is 5.32 Å². The van der Waals surface area contributed by atoms with Gasteiger partial charge in [0.1, 0.15) is 5.15 Å². The zero-order valence-corrected chi connectivity index (χ0v) is 11.6. The molecule has 3 nitrogen and oxygen atoms in total. The van der Waals surface area contributed by atoms with E-state index in [0.717, 1.165) is 30.2 Å². The second-order valence-electron chi connectivity index (χ2n) is 5.17. The minimum atomic E-state index is 0.250. The maximum Gasteiger partial charge on any atom is 0.130 e. The highest BCUT2D eigenvalue weighted by molar-refractivity contribution is 6.30. The molecule has 0 atom stereocenters. The van der Waals surface area contributed by atoms with Crippen LogP contribution in [-0.2, 0) is 13.5 Å². The van der Waals surface area contributed by atoms with Gasteiger partial charge in [-0.3, -0.25) is 4.68 Å². The molecule has 1 rings (SSSR count). The lowest BCUT2D eigenvalue weighted by molar-refractivity contribution is 0.329. The molecule has 0 bridgehead atoms. The van der Waals surface area contributed by atoms with Gasteiger partial charge < -0.3 is 5.32 Å². The number of rotatable bonds is 5. The molecule has 1 aromatic heterocycles. The van der Waals surface area contributed by atoms with Crippen molar-refractivity contribution in [2.45, 2.75) is 33.6 Å². The average Bonchev–Trinajstić information content (AvgIpc) is 2.42. The number of hydrogen-bond donors (Lipinski definition) is 1. The normalized spacial score (nSPS) is 12.1. The molecule has 0 unspecified atom stereocenters. The second-order valence-corrected chi connectivity index (χ2v) is 5.53. The van der Waals surface area contributed by atoms with Gasteiger partial charge in [-0.2, -0.15) is 5.10 Å². The topological polar surface area (TPSA) is 29.9 Å². The van der Waals surface area contributed by atoms with Crippen LogP contribution in [0, 0.1) is 12.3 Å². The Hall–Kier alpha value is -0.540. The summed E-state index contributed by atoms with van der Waals surface area (Å²) in [6, 6.07) is 0. The minimum Gasteiger partial charge on any atom is -0.320 e. The monoisotopic (exact) mass is 243 g/mol. The Kier molecular flexibility index (Phi) is 4.39. The summed E-state index contributed by atoms with van der Waals surface area (Å²) in [7, 11) is 3.87. The lowest BCUT2D eigenvalue weighted by Crippen LogP contribution is -2.22. The fraction of sp³-hybridized carbons (Fsp3) is 0.750. The largest absolute Gasteiger partial charge is 0.320 e. The number of halogens is 1. The van der Waals surface area contributed by atoms with Crippen molar-refractivity contribution in [1.29, 1.82) is 0 Å². The maximum atomic E-state index is 6.24. The van der Waals surface area contributed by atoms with Crippen LogP contribution in [0.4, 0.5) is 0 Å². The van der Waals surface area contributed by atoms with Crippen molar-refractivity contribution >= 4 is 11.6 Å². The van der Waals surface area contributed by atoms with Crippen molar-refractivity contribution in [3.8, 4) is 0 Å². The zero-order valence-electron chi connectivity index (χ0n) is 10.9. The van der Waals surface area contributed by atoms with Crippen LogP contribution in [0.5, 0.6) is 0 Å². The predicted molar refractivity (Wildman–Crippen MR) is 69.0 cm³/mol. The van der Waals surface area contributed by atoms with Gasteiger partial charge in [-0.05, 0) is 38.8 Å². The number of aromatic nitrogens is 2. The second kappa shape index (κ2) is 5.19. The molecule has 0 aromatic carbocycles. The Morgan fingerprint density at radius 1 is 1.44 bits per heavy atom. The molecule has 0 amide bonds. The summed E-state index contributed by atoms with van der Waals surface area (Å²) in [5, 5.41) is 8.31. The summed E-state index contributed by atoms with van der Waals surface area (Å²) in [6.45, 7) is 7.60. The fourth-order valence-electron chi connectivity index (χ4n) is 1.91. The average molecular weight is 244 g/mol. The van der Waals surface area contributed by atoms with Gasteiger partial charge in [0.2, 0.25) is 0 Å². The number of nitrogens with zero attached hydrogens (tertiary/aromatic N) is 2. The van der Waals surface area contributed by atoms with E-state index in [1.165, 1.54) is 5.56 Å². The first-order chi connectivity index (χ1) is 7.37. The first-order valence-corrected chi connectivity index (χ1v) is 6.08. The Labute approximate surface area is 103 Å². The molecule has 1 aromatic rings. The molecule has 0 aliphatic carbocycles. The third kappa shape index (κ3) is 3.22. The summed E-state index contributed by atoms with van der Waals surface area (Å²) in [4.78, 5) is 0. The Balaban J connectivity index is 2.79. The minimum absolute atomic E-state index is 0.250. The van der Waals surface area contributed by atoms with E-state index in [1.54, 1.807) is 4.68 Å². The summed E-state index contributed by atoms with van der Waals surface area (Å²) < 4.78 is 1.75. The highest BCUT2D eigenvalue weighted by Gasteiger charge is 2.22. The van der Waals surface area contributed by atoms with Gasteiger partial charge in [-0.1, -0.05) is 25.4 Å². The van der Waals surface area contributed by atoms with Crippen molar-refractivity contribution in [3.05, 3.63) is 16.4 Å². The zero-order chi connectivity index (χ0) is 12.3. The van der Waals surface area contributed by atoms with Crippen LogP contribution in [0.1, 0.15) is 31.5 Å². The van der Waals surface area contributed by atoms with Crippen LogP contribution in [-0.4, -0.2) is 23.4 Å². The van der Waals surface area contributed by atoms with Crippen molar-refractivity contribution in [2.75, 3.05) is 13.6 Å². The van der Waals surface area contributed by atoms with E-state index >= 15 is 0 Å². The fourth-order valence-corrected chi connectivity index (χ4v) is 2.15. The quantitative estimate of drug-likeness (QED) is 0.862. The Morgan fingerprint density at radius 3 is 2.50 bits per heavy atom. The smallest absolute Gasteiger partial charge is 0.130 e. The molecule has 0 aliphatic rings. The lowest BCUT2D eigenvalue weighted by atomic mass is 9.83. The van der Waals surface area contributed by atoms with E-state index in [9.17, 15) is 0 Å². The predicted octanol–water partition coefficient (Wildman–Crippen LogP) is 2.56. The molecule has 16 heavy (non-hydrogen) atoms. The number of aryl methyl sites for hydroxylation is 2. The molecule has 0 fully saturated rings. The van der Waals surface area contributed by atoms with Crippen LogP contribution in [0.2, 0.25) is 5.15 Å². The summed E-state index contributed by atoms with van der Waals surface area (Å²) in [6.07, 6.45) is 2.11. The maximum absolute atomic E-state index is 6.24. The van der Waals surface area contributed by atoms with E-state index in [1.807, 2.05) is 21.0 Å². The van der Waals surface area contributed by atoms with Gasteiger partial charge in [-0.25, -0.2) is 0 Å². The van der Waals surface area contributed by atoms with E-state index < -0.39 is 0 Å². The molecule has 0 radical (unpaired) electrons. The molecular weight excluding hydrogens is 222 g/mol. The summed E-state index contributed by atoms with van der Waals surface area (Å²) >= 11 is 6.24. The Morgan fingerprint density at radius 2 is 2.06 bits per heavy atom. The van der Waals surface area contributed by atoms with Gasteiger partial charge in [0.05, 0.1) is 5.69 Å². The van der Waals surface area contributed by atoms with Crippen molar-refractivity contribution < 1.29 is 0 Å². The molecule has 92 valence electrons. The summed E-state index contributed by atoms with van der Waals surface area (Å²) in [5.41, 5.74) is 2.48. The standard InChI is InChI=1S/C12H22ClN3/c1-9-10(11(13)16(5)15-9)8-12(2,3)6-7-14-4/h14H,6-8H2,1-5H3. The number of hydrogen-bond acceptors (Lipinski definition) is 2. The third-order valence-corrected chi connectivity index (χ3v) is 3.45. The van der Waals surface area contributed by atoms with E-state index in [0.29, 0.717) is 0 Å². The van der Waals surface area contributed by atoms with Gasteiger partial charge in [0.15, 0.2) is 0 Å².